The summed E-state index contributed by atoms with van der Waals surface area (Å²) in [6.07, 6.45) is 7.92. The van der Waals surface area contributed by atoms with Crippen LogP contribution in [0.3, 0.4) is 0 Å². The molecule has 0 amide bonds. The van der Waals surface area contributed by atoms with E-state index in [0.29, 0.717) is 11.3 Å². The van der Waals surface area contributed by atoms with E-state index in [1.54, 1.807) is 0 Å². The topological polar surface area (TPSA) is 51.8 Å². The molecule has 3 rings (SSSR count). The van der Waals surface area contributed by atoms with E-state index in [2.05, 4.69) is 20.9 Å². The lowest BCUT2D eigenvalue weighted by Crippen LogP contribution is -2.19. The maximum absolute atomic E-state index is 5.82. The van der Waals surface area contributed by atoms with Crippen molar-refractivity contribution in [3.8, 4) is 0 Å². The molecule has 1 aromatic heterocycles. The maximum Gasteiger partial charge on any atom is 0.131 e. The molecule has 2 fully saturated rings. The summed E-state index contributed by atoms with van der Waals surface area (Å²) in [4.78, 5) is 9.08. The van der Waals surface area contributed by atoms with Crippen LogP contribution in [0.15, 0.2) is 10.7 Å². The molecule has 0 radical (unpaired) electrons. The molecule has 1 heterocycles. The summed E-state index contributed by atoms with van der Waals surface area (Å²) in [6.45, 7) is 0.780. The Bertz CT molecular complexity index is 411. The van der Waals surface area contributed by atoms with Crippen molar-refractivity contribution in [3.63, 3.8) is 0 Å². The van der Waals surface area contributed by atoms with E-state index in [9.17, 15) is 0 Å². The van der Waals surface area contributed by atoms with Crippen LogP contribution in [-0.4, -0.2) is 16.5 Å². The van der Waals surface area contributed by atoms with Gasteiger partial charge in [0.05, 0.1) is 10.2 Å². The first kappa shape index (κ1) is 10.7. The average Bonchev–Trinajstić information content (AvgIpc) is 3.15. The second-order valence-electron chi connectivity index (χ2n) is 5.18. The zero-order chi connectivity index (χ0) is 11.2. The quantitative estimate of drug-likeness (QED) is 0.922. The highest BCUT2D eigenvalue weighted by molar-refractivity contribution is 9.10. The van der Waals surface area contributed by atoms with Crippen molar-refractivity contribution in [1.29, 1.82) is 0 Å². The van der Waals surface area contributed by atoms with Crippen molar-refractivity contribution in [2.75, 3.05) is 6.54 Å². The largest absolute Gasteiger partial charge is 0.330 e. The fourth-order valence-corrected chi connectivity index (χ4v) is 2.40. The third kappa shape index (κ3) is 2.00. The highest BCUT2D eigenvalue weighted by atomic mass is 79.9. The van der Waals surface area contributed by atoms with Gasteiger partial charge in [-0.25, -0.2) is 9.97 Å². The minimum absolute atomic E-state index is 0.345. The molecule has 0 atom stereocenters. The van der Waals surface area contributed by atoms with Gasteiger partial charge in [-0.05, 0) is 60.0 Å². The van der Waals surface area contributed by atoms with Gasteiger partial charge >= 0.3 is 0 Å². The summed E-state index contributed by atoms with van der Waals surface area (Å²) in [5.74, 6) is 1.66. The molecular formula is C12H16BrN3. The van der Waals surface area contributed by atoms with Crippen LogP contribution >= 0.6 is 15.9 Å². The minimum atomic E-state index is 0.345. The molecule has 4 heteroatoms. The van der Waals surface area contributed by atoms with Gasteiger partial charge in [0.1, 0.15) is 5.82 Å². The van der Waals surface area contributed by atoms with E-state index in [0.717, 1.165) is 29.0 Å². The van der Waals surface area contributed by atoms with E-state index in [-0.39, 0.29) is 0 Å². The molecule has 0 bridgehead atoms. The van der Waals surface area contributed by atoms with Crippen molar-refractivity contribution >= 4 is 15.9 Å². The molecule has 1 aromatic rings. The van der Waals surface area contributed by atoms with Gasteiger partial charge in [0, 0.05) is 12.1 Å². The average molecular weight is 282 g/mol. The fourth-order valence-electron chi connectivity index (χ4n) is 2.07. The zero-order valence-corrected chi connectivity index (χ0v) is 10.8. The number of rotatable bonds is 4. The van der Waals surface area contributed by atoms with Gasteiger partial charge in [0.25, 0.3) is 0 Å². The highest BCUT2D eigenvalue weighted by Crippen LogP contribution is 2.48. The number of halogens is 1. The van der Waals surface area contributed by atoms with Crippen LogP contribution in [0.1, 0.15) is 43.1 Å². The molecule has 16 heavy (non-hydrogen) atoms. The van der Waals surface area contributed by atoms with Gasteiger partial charge in [0.2, 0.25) is 0 Å². The second-order valence-corrected chi connectivity index (χ2v) is 6.03. The predicted molar refractivity (Wildman–Crippen MR) is 66.1 cm³/mol. The Morgan fingerprint density at radius 2 is 2.19 bits per heavy atom. The second kappa shape index (κ2) is 3.77. The first-order valence-electron chi connectivity index (χ1n) is 5.94. The normalized spacial score (nSPS) is 22.1. The molecule has 86 valence electrons. The Hall–Kier alpha value is -0.480. The van der Waals surface area contributed by atoms with Crippen molar-refractivity contribution < 1.29 is 0 Å². The molecule has 0 aromatic carbocycles. The maximum atomic E-state index is 5.82. The summed E-state index contributed by atoms with van der Waals surface area (Å²) in [5, 5.41) is 0. The Morgan fingerprint density at radius 1 is 1.44 bits per heavy atom. The smallest absolute Gasteiger partial charge is 0.131 e. The lowest BCUT2D eigenvalue weighted by molar-refractivity contribution is 0.510. The van der Waals surface area contributed by atoms with E-state index in [4.69, 9.17) is 10.7 Å². The molecule has 0 unspecified atom stereocenters. The van der Waals surface area contributed by atoms with Gasteiger partial charge in [-0.3, -0.25) is 0 Å². The molecule has 2 aliphatic carbocycles. The fraction of sp³-hybridized carbons (Fsp3) is 0.667. The Kier molecular flexibility index (Phi) is 2.51. The van der Waals surface area contributed by atoms with Crippen molar-refractivity contribution in [2.45, 2.75) is 38.0 Å². The monoisotopic (exact) mass is 281 g/mol. The van der Waals surface area contributed by atoms with Gasteiger partial charge < -0.3 is 5.73 Å². The summed E-state index contributed by atoms with van der Waals surface area (Å²) in [6, 6.07) is 0. The number of nitrogens with two attached hydrogens (primary N) is 1. The van der Waals surface area contributed by atoms with E-state index >= 15 is 0 Å². The summed E-state index contributed by atoms with van der Waals surface area (Å²) >= 11 is 3.54. The number of nitrogens with zero attached hydrogens (tertiary/aromatic N) is 2. The molecule has 2 saturated carbocycles. The summed E-state index contributed by atoms with van der Waals surface area (Å²) in [7, 11) is 0. The molecule has 2 aliphatic rings. The lowest BCUT2D eigenvalue weighted by atomic mass is 10.0. The Balaban J connectivity index is 1.84. The summed E-state index contributed by atoms with van der Waals surface area (Å²) < 4.78 is 1.04. The van der Waals surface area contributed by atoms with Crippen LogP contribution in [0, 0.1) is 5.41 Å². The zero-order valence-electron chi connectivity index (χ0n) is 9.25. The van der Waals surface area contributed by atoms with E-state index < -0.39 is 0 Å². The van der Waals surface area contributed by atoms with Crippen LogP contribution < -0.4 is 5.73 Å². The molecule has 3 nitrogen and oxygen atoms in total. The lowest BCUT2D eigenvalue weighted by Gasteiger charge is -2.13. The van der Waals surface area contributed by atoms with Crippen LogP contribution in [0.2, 0.25) is 0 Å². The van der Waals surface area contributed by atoms with E-state index in [1.807, 2.05) is 6.20 Å². The molecular weight excluding hydrogens is 266 g/mol. The van der Waals surface area contributed by atoms with Gasteiger partial charge in [0.15, 0.2) is 0 Å². The van der Waals surface area contributed by atoms with Gasteiger partial charge in [-0.1, -0.05) is 0 Å². The number of hydrogen-bond acceptors (Lipinski definition) is 3. The molecule has 0 aliphatic heterocycles. The van der Waals surface area contributed by atoms with Crippen LogP contribution in [-0.2, 0) is 6.42 Å². The van der Waals surface area contributed by atoms with Crippen LogP contribution in [0.4, 0.5) is 0 Å². The van der Waals surface area contributed by atoms with Gasteiger partial charge in [-0.2, -0.15) is 0 Å². The Morgan fingerprint density at radius 3 is 2.75 bits per heavy atom. The standard InChI is InChI=1S/C12H16BrN3/c13-9-6-15-11(8-1-2-8)16-10(9)5-12(7-14)3-4-12/h6,8H,1-5,7,14H2. The third-order valence-electron chi connectivity index (χ3n) is 3.71. The summed E-state index contributed by atoms with van der Waals surface area (Å²) in [5.41, 5.74) is 7.32. The van der Waals surface area contributed by atoms with E-state index in [1.165, 1.54) is 25.7 Å². The van der Waals surface area contributed by atoms with Crippen LogP contribution in [0.5, 0.6) is 0 Å². The van der Waals surface area contributed by atoms with Crippen LogP contribution in [0.25, 0.3) is 0 Å². The minimum Gasteiger partial charge on any atom is -0.330 e. The Labute approximate surface area is 104 Å². The van der Waals surface area contributed by atoms with Crippen molar-refractivity contribution in [1.82, 2.24) is 9.97 Å². The molecule has 2 N–H and O–H groups in total. The predicted octanol–water partition coefficient (Wildman–Crippen LogP) is 2.40. The number of hydrogen-bond donors (Lipinski definition) is 1. The number of aromatic nitrogens is 2. The highest BCUT2D eigenvalue weighted by Gasteiger charge is 2.42. The van der Waals surface area contributed by atoms with Crippen molar-refractivity contribution in [2.24, 2.45) is 11.1 Å². The SMILES string of the molecule is NCC1(Cc2nc(C3CC3)ncc2Br)CC1. The third-order valence-corrected chi connectivity index (χ3v) is 4.37. The molecule has 0 saturated heterocycles. The van der Waals surface area contributed by atoms with Crippen molar-refractivity contribution in [3.05, 3.63) is 22.2 Å². The first-order chi connectivity index (χ1) is 7.72. The molecule has 0 spiro atoms. The first-order valence-corrected chi connectivity index (χ1v) is 6.73. The van der Waals surface area contributed by atoms with Gasteiger partial charge in [-0.15, -0.1) is 0 Å².